The molecular formula is C13H25N3O3S. The lowest BCUT2D eigenvalue weighted by atomic mass is 10.2. The Morgan fingerprint density at radius 1 is 0.950 bits per heavy atom. The van der Waals surface area contributed by atoms with Crippen LogP contribution in [0, 0.1) is 0 Å². The van der Waals surface area contributed by atoms with Gasteiger partial charge in [-0.05, 0) is 33.2 Å². The molecule has 3 aliphatic rings. The minimum Gasteiger partial charge on any atom is -0.373 e. The Morgan fingerprint density at radius 3 is 2.35 bits per heavy atom. The van der Waals surface area contributed by atoms with Crippen LogP contribution in [0.25, 0.3) is 0 Å². The highest BCUT2D eigenvalue weighted by molar-refractivity contribution is 7.86. The standard InChI is InChI=1S/C13H25N3O3S/c1-11-8-16(9-12(2)19-11)20(17,18)15-7-6-14-5-3-4-13(14)10-15/h11-13H,3-10H2,1-2H3/t11-,12-,13+/m1/s1. The van der Waals surface area contributed by atoms with Gasteiger partial charge in [0.15, 0.2) is 0 Å². The highest BCUT2D eigenvalue weighted by Gasteiger charge is 2.40. The zero-order valence-electron chi connectivity index (χ0n) is 12.4. The van der Waals surface area contributed by atoms with E-state index in [0.717, 1.165) is 19.5 Å². The fourth-order valence-corrected chi connectivity index (χ4v) is 5.45. The lowest BCUT2D eigenvalue weighted by Gasteiger charge is -2.41. The topological polar surface area (TPSA) is 53.1 Å². The average molecular weight is 303 g/mol. The molecule has 0 bridgehead atoms. The summed E-state index contributed by atoms with van der Waals surface area (Å²) in [6, 6.07) is 0.425. The normalized spacial score (nSPS) is 38.0. The first-order valence-electron chi connectivity index (χ1n) is 7.61. The van der Waals surface area contributed by atoms with Crippen LogP contribution in [0.4, 0.5) is 0 Å². The quantitative estimate of drug-likeness (QED) is 0.727. The molecular weight excluding hydrogens is 278 g/mol. The lowest BCUT2D eigenvalue weighted by Crippen LogP contribution is -2.58. The number of morpholine rings is 1. The molecule has 0 spiro atoms. The Morgan fingerprint density at radius 2 is 1.65 bits per heavy atom. The number of rotatable bonds is 2. The van der Waals surface area contributed by atoms with Gasteiger partial charge in [-0.1, -0.05) is 0 Å². The van der Waals surface area contributed by atoms with Crippen LogP contribution in [0.15, 0.2) is 0 Å². The Bertz CT molecular complexity index is 446. The van der Waals surface area contributed by atoms with Crippen molar-refractivity contribution in [3.8, 4) is 0 Å². The molecule has 6 nitrogen and oxygen atoms in total. The Labute approximate surface area is 121 Å². The first kappa shape index (κ1) is 14.7. The van der Waals surface area contributed by atoms with Crippen molar-refractivity contribution in [2.45, 2.75) is 44.9 Å². The molecule has 0 aromatic carbocycles. The van der Waals surface area contributed by atoms with Crippen LogP contribution in [0.2, 0.25) is 0 Å². The molecule has 0 amide bonds. The van der Waals surface area contributed by atoms with Crippen molar-refractivity contribution >= 4 is 10.2 Å². The smallest absolute Gasteiger partial charge is 0.282 e. The van der Waals surface area contributed by atoms with Crippen LogP contribution in [-0.4, -0.2) is 79.4 Å². The SMILES string of the molecule is C[C@@H]1CN(S(=O)(=O)N2CCN3CCC[C@H]3C2)C[C@@H](C)O1. The fraction of sp³-hybridized carbons (Fsp3) is 1.00. The lowest BCUT2D eigenvalue weighted by molar-refractivity contribution is -0.0459. The van der Waals surface area contributed by atoms with Crippen molar-refractivity contribution in [1.82, 2.24) is 13.5 Å². The maximum atomic E-state index is 12.8. The van der Waals surface area contributed by atoms with E-state index in [2.05, 4.69) is 4.90 Å². The van der Waals surface area contributed by atoms with Gasteiger partial charge in [-0.3, -0.25) is 4.90 Å². The zero-order valence-corrected chi connectivity index (χ0v) is 13.2. The van der Waals surface area contributed by atoms with E-state index in [-0.39, 0.29) is 12.2 Å². The summed E-state index contributed by atoms with van der Waals surface area (Å²) >= 11 is 0. The zero-order chi connectivity index (χ0) is 14.3. The number of piperazine rings is 1. The molecule has 20 heavy (non-hydrogen) atoms. The maximum absolute atomic E-state index is 12.8. The summed E-state index contributed by atoms with van der Waals surface area (Å²) in [6.45, 7) is 8.10. The minimum absolute atomic E-state index is 0.0266. The molecule has 3 heterocycles. The number of fused-ring (bicyclic) bond motifs is 1. The van der Waals surface area contributed by atoms with Crippen LogP contribution in [0.3, 0.4) is 0 Å². The molecule has 0 unspecified atom stereocenters. The second-order valence-electron chi connectivity index (χ2n) is 6.27. The molecule has 0 saturated carbocycles. The largest absolute Gasteiger partial charge is 0.373 e. The summed E-state index contributed by atoms with van der Waals surface area (Å²) in [5.74, 6) is 0. The van der Waals surface area contributed by atoms with Gasteiger partial charge < -0.3 is 4.74 Å². The highest BCUT2D eigenvalue weighted by Crippen LogP contribution is 2.25. The maximum Gasteiger partial charge on any atom is 0.282 e. The Balaban J connectivity index is 1.71. The van der Waals surface area contributed by atoms with E-state index in [9.17, 15) is 8.42 Å². The predicted molar refractivity (Wildman–Crippen MR) is 76.7 cm³/mol. The Kier molecular flexibility index (Phi) is 4.07. The van der Waals surface area contributed by atoms with E-state index in [4.69, 9.17) is 4.74 Å². The molecule has 0 N–H and O–H groups in total. The van der Waals surface area contributed by atoms with Gasteiger partial charge in [-0.15, -0.1) is 0 Å². The van der Waals surface area contributed by atoms with Crippen LogP contribution in [0.5, 0.6) is 0 Å². The molecule has 0 aliphatic carbocycles. The number of hydrogen-bond donors (Lipinski definition) is 0. The van der Waals surface area contributed by atoms with E-state index in [1.54, 1.807) is 8.61 Å². The monoisotopic (exact) mass is 303 g/mol. The molecule has 3 rings (SSSR count). The summed E-state index contributed by atoms with van der Waals surface area (Å²) < 4.78 is 34.5. The Hall–Kier alpha value is -0.210. The van der Waals surface area contributed by atoms with Gasteiger partial charge in [0.05, 0.1) is 12.2 Å². The van der Waals surface area contributed by atoms with Crippen LogP contribution >= 0.6 is 0 Å². The van der Waals surface area contributed by atoms with Gasteiger partial charge in [0.2, 0.25) is 0 Å². The summed E-state index contributed by atoms with van der Waals surface area (Å²) in [6.07, 6.45) is 2.27. The van der Waals surface area contributed by atoms with Crippen molar-refractivity contribution in [2.24, 2.45) is 0 Å². The van der Waals surface area contributed by atoms with Crippen molar-refractivity contribution < 1.29 is 13.2 Å². The predicted octanol–water partition coefficient (Wildman–Crippen LogP) is 0.120. The second kappa shape index (κ2) is 5.53. The molecule has 0 aromatic heterocycles. The third-order valence-electron chi connectivity index (χ3n) is 4.59. The number of hydrogen-bond acceptors (Lipinski definition) is 4. The summed E-state index contributed by atoms with van der Waals surface area (Å²) in [5.41, 5.74) is 0. The van der Waals surface area contributed by atoms with Crippen LogP contribution < -0.4 is 0 Å². The van der Waals surface area contributed by atoms with Crippen molar-refractivity contribution in [1.29, 1.82) is 0 Å². The first-order chi connectivity index (χ1) is 9.46. The average Bonchev–Trinajstić information content (AvgIpc) is 2.84. The van der Waals surface area contributed by atoms with E-state index in [0.29, 0.717) is 32.2 Å². The molecule has 116 valence electrons. The van der Waals surface area contributed by atoms with Crippen molar-refractivity contribution in [3.05, 3.63) is 0 Å². The van der Waals surface area contributed by atoms with E-state index < -0.39 is 10.2 Å². The third kappa shape index (κ3) is 2.74. The molecule has 3 atom stereocenters. The van der Waals surface area contributed by atoms with E-state index in [1.807, 2.05) is 13.8 Å². The van der Waals surface area contributed by atoms with Crippen molar-refractivity contribution in [3.63, 3.8) is 0 Å². The van der Waals surface area contributed by atoms with Gasteiger partial charge in [-0.25, -0.2) is 0 Å². The van der Waals surface area contributed by atoms with Crippen LogP contribution in [0.1, 0.15) is 26.7 Å². The molecule has 0 aromatic rings. The summed E-state index contributed by atoms with van der Waals surface area (Å²) in [4.78, 5) is 2.43. The number of nitrogens with zero attached hydrogens (tertiary/aromatic N) is 3. The minimum atomic E-state index is -3.33. The van der Waals surface area contributed by atoms with Gasteiger partial charge in [0, 0.05) is 38.8 Å². The van der Waals surface area contributed by atoms with E-state index in [1.165, 1.54) is 6.42 Å². The molecule has 3 fully saturated rings. The van der Waals surface area contributed by atoms with Crippen LogP contribution in [-0.2, 0) is 14.9 Å². The molecule has 3 aliphatic heterocycles. The third-order valence-corrected chi connectivity index (χ3v) is 6.52. The van der Waals surface area contributed by atoms with Gasteiger partial charge in [-0.2, -0.15) is 17.0 Å². The van der Waals surface area contributed by atoms with Gasteiger partial charge in [0.25, 0.3) is 10.2 Å². The summed E-state index contributed by atoms with van der Waals surface area (Å²) in [7, 11) is -3.33. The highest BCUT2D eigenvalue weighted by atomic mass is 32.2. The number of ether oxygens (including phenoxy) is 1. The van der Waals surface area contributed by atoms with Crippen molar-refractivity contribution in [2.75, 3.05) is 39.3 Å². The molecule has 7 heteroatoms. The van der Waals surface area contributed by atoms with Gasteiger partial charge >= 0.3 is 0 Å². The van der Waals surface area contributed by atoms with Gasteiger partial charge in [0.1, 0.15) is 0 Å². The first-order valence-corrected chi connectivity index (χ1v) is 9.01. The fourth-order valence-electron chi connectivity index (χ4n) is 3.65. The van der Waals surface area contributed by atoms with E-state index >= 15 is 0 Å². The molecule has 3 saturated heterocycles. The summed E-state index contributed by atoms with van der Waals surface area (Å²) in [5, 5.41) is 0. The molecule has 0 radical (unpaired) electrons. The second-order valence-corrected chi connectivity index (χ2v) is 8.20.